The fourth-order valence-corrected chi connectivity index (χ4v) is 3.33. The van der Waals surface area contributed by atoms with Gasteiger partial charge in [0.15, 0.2) is 0 Å². The van der Waals surface area contributed by atoms with Crippen LogP contribution in [0.5, 0.6) is 0 Å². The second-order valence-electron chi connectivity index (χ2n) is 5.95. The Bertz CT molecular complexity index is 1400. The number of aromatic amines is 1. The van der Waals surface area contributed by atoms with Crippen molar-refractivity contribution >= 4 is 23.3 Å². The molecular formula is C19H14N4O3S. The third-order valence-electron chi connectivity index (χ3n) is 4.33. The molecule has 2 heterocycles. The van der Waals surface area contributed by atoms with Crippen molar-refractivity contribution in [2.75, 3.05) is 0 Å². The summed E-state index contributed by atoms with van der Waals surface area (Å²) in [5.74, 6) is 0. The first-order valence-electron chi connectivity index (χ1n) is 8.12. The number of hydrogen-bond donors (Lipinski definition) is 1. The number of nitrogens with zero attached hydrogens (tertiary/aromatic N) is 3. The Morgan fingerprint density at radius 2 is 1.33 bits per heavy atom. The van der Waals surface area contributed by atoms with E-state index in [-0.39, 0.29) is 15.7 Å². The molecule has 0 aliphatic heterocycles. The van der Waals surface area contributed by atoms with Gasteiger partial charge in [-0.3, -0.25) is 14.3 Å². The molecule has 0 spiro atoms. The molecule has 0 bridgehead atoms. The van der Waals surface area contributed by atoms with E-state index in [0.29, 0.717) is 11.4 Å². The first kappa shape index (κ1) is 16.9. The van der Waals surface area contributed by atoms with Gasteiger partial charge in [0.2, 0.25) is 0 Å². The lowest BCUT2D eigenvalue weighted by molar-refractivity contribution is 0.762. The maximum atomic E-state index is 13.3. The number of nitrogens with one attached hydrogen (secondary N) is 1. The molecule has 27 heavy (non-hydrogen) atoms. The van der Waals surface area contributed by atoms with E-state index in [9.17, 15) is 14.4 Å². The van der Waals surface area contributed by atoms with E-state index in [1.807, 2.05) is 6.07 Å². The van der Waals surface area contributed by atoms with E-state index >= 15 is 0 Å². The minimum atomic E-state index is -0.583. The SMILES string of the molecule is Cn1c(=O)[nH]c(=S)c2c(=O)n(-c3ccccc3)c(=O)n(-c3ccccc3)c21. The predicted octanol–water partition coefficient (Wildman–Crippen LogP) is 1.90. The zero-order chi connectivity index (χ0) is 19.1. The molecule has 0 aliphatic carbocycles. The summed E-state index contributed by atoms with van der Waals surface area (Å²) in [6.07, 6.45) is 0. The zero-order valence-electron chi connectivity index (χ0n) is 14.2. The Kier molecular flexibility index (Phi) is 3.97. The van der Waals surface area contributed by atoms with Crippen molar-refractivity contribution in [1.29, 1.82) is 0 Å². The Hall–Kier alpha value is -3.52. The summed E-state index contributed by atoms with van der Waals surface area (Å²) in [5.41, 5.74) is -0.577. The second-order valence-corrected chi connectivity index (χ2v) is 6.35. The van der Waals surface area contributed by atoms with Gasteiger partial charge in [0.25, 0.3) is 5.56 Å². The van der Waals surface area contributed by atoms with Gasteiger partial charge in [-0.15, -0.1) is 0 Å². The van der Waals surface area contributed by atoms with E-state index in [1.165, 1.54) is 16.2 Å². The molecule has 0 amide bonds. The van der Waals surface area contributed by atoms with Crippen LogP contribution in [-0.2, 0) is 7.05 Å². The second kappa shape index (κ2) is 6.33. The van der Waals surface area contributed by atoms with Crippen LogP contribution >= 0.6 is 12.2 Å². The van der Waals surface area contributed by atoms with E-state index in [2.05, 4.69) is 4.98 Å². The number of benzene rings is 2. The smallest absolute Gasteiger partial charge is 0.297 e. The van der Waals surface area contributed by atoms with Gasteiger partial charge >= 0.3 is 11.4 Å². The maximum absolute atomic E-state index is 13.3. The summed E-state index contributed by atoms with van der Waals surface area (Å²) < 4.78 is 3.60. The van der Waals surface area contributed by atoms with Crippen molar-refractivity contribution in [3.63, 3.8) is 0 Å². The van der Waals surface area contributed by atoms with Gasteiger partial charge in [0.05, 0.1) is 11.4 Å². The molecule has 0 unspecified atom stereocenters. The normalized spacial score (nSPS) is 11.0. The quantitative estimate of drug-likeness (QED) is 0.540. The maximum Gasteiger partial charge on any atom is 0.341 e. The lowest BCUT2D eigenvalue weighted by Crippen LogP contribution is -2.41. The number of aromatic nitrogens is 4. The van der Waals surface area contributed by atoms with Crippen LogP contribution in [0.4, 0.5) is 0 Å². The molecule has 4 aromatic rings. The molecule has 7 nitrogen and oxygen atoms in total. The molecule has 134 valence electrons. The van der Waals surface area contributed by atoms with Crippen molar-refractivity contribution in [2.24, 2.45) is 7.05 Å². The van der Waals surface area contributed by atoms with Gasteiger partial charge in [-0.2, -0.15) is 0 Å². The van der Waals surface area contributed by atoms with Gasteiger partial charge < -0.3 is 0 Å². The van der Waals surface area contributed by atoms with Crippen LogP contribution in [0.15, 0.2) is 75.0 Å². The molecule has 8 heteroatoms. The predicted molar refractivity (Wildman–Crippen MR) is 106 cm³/mol. The average Bonchev–Trinajstić information content (AvgIpc) is 2.67. The molecule has 2 aromatic heterocycles. The van der Waals surface area contributed by atoms with Gasteiger partial charge in [0.1, 0.15) is 15.7 Å². The molecule has 1 N–H and O–H groups in total. The molecule has 0 fully saturated rings. The van der Waals surface area contributed by atoms with E-state index < -0.39 is 16.9 Å². The minimum Gasteiger partial charge on any atom is -0.297 e. The summed E-state index contributed by atoms with van der Waals surface area (Å²) in [6.45, 7) is 0. The number of hydrogen-bond acceptors (Lipinski definition) is 4. The van der Waals surface area contributed by atoms with Crippen LogP contribution in [-0.4, -0.2) is 18.7 Å². The Balaban J connectivity index is 2.35. The molecule has 4 rings (SSSR count). The number of H-pyrrole nitrogens is 1. The standard InChI is InChI=1S/C19H14N4O3S/c1-21-16-14(15(27)20-18(21)25)17(24)23(13-10-6-3-7-11-13)19(26)22(16)12-8-4-2-5-9-12/h2-11H,1H3,(H,20,25,27). The molecule has 0 atom stereocenters. The molecule has 0 saturated heterocycles. The zero-order valence-corrected chi connectivity index (χ0v) is 15.1. The van der Waals surface area contributed by atoms with Crippen LogP contribution in [0.2, 0.25) is 0 Å². The Morgan fingerprint density at radius 3 is 1.89 bits per heavy atom. The van der Waals surface area contributed by atoms with Crippen LogP contribution in [0, 0.1) is 4.64 Å². The van der Waals surface area contributed by atoms with E-state index in [4.69, 9.17) is 12.2 Å². The fraction of sp³-hybridized carbons (Fsp3) is 0.0526. The van der Waals surface area contributed by atoms with E-state index in [1.54, 1.807) is 54.6 Å². The first-order valence-corrected chi connectivity index (χ1v) is 8.53. The van der Waals surface area contributed by atoms with Crippen molar-refractivity contribution < 1.29 is 0 Å². The van der Waals surface area contributed by atoms with Gasteiger partial charge in [0, 0.05) is 7.05 Å². The summed E-state index contributed by atoms with van der Waals surface area (Å²) in [4.78, 5) is 41.2. The van der Waals surface area contributed by atoms with Crippen LogP contribution in [0.25, 0.3) is 22.4 Å². The Labute approximate surface area is 157 Å². The molecule has 0 aliphatic rings. The summed E-state index contributed by atoms with van der Waals surface area (Å²) in [5, 5.41) is 0.0967. The largest absolute Gasteiger partial charge is 0.341 e. The highest BCUT2D eigenvalue weighted by Crippen LogP contribution is 2.14. The van der Waals surface area contributed by atoms with Crippen LogP contribution in [0.3, 0.4) is 0 Å². The average molecular weight is 378 g/mol. The molecule has 0 radical (unpaired) electrons. The lowest BCUT2D eigenvalue weighted by Gasteiger charge is -2.16. The third-order valence-corrected chi connectivity index (χ3v) is 4.64. The first-order chi connectivity index (χ1) is 13.0. The van der Waals surface area contributed by atoms with Gasteiger partial charge in [-0.1, -0.05) is 48.6 Å². The van der Waals surface area contributed by atoms with Crippen LogP contribution < -0.4 is 16.9 Å². The molecule has 2 aromatic carbocycles. The number of rotatable bonds is 2. The summed E-state index contributed by atoms with van der Waals surface area (Å²) in [6, 6.07) is 17.4. The highest BCUT2D eigenvalue weighted by atomic mass is 32.1. The fourth-order valence-electron chi connectivity index (χ4n) is 3.07. The topological polar surface area (TPSA) is 81.8 Å². The summed E-state index contributed by atoms with van der Waals surface area (Å²) >= 11 is 5.25. The van der Waals surface area contributed by atoms with Gasteiger partial charge in [-0.25, -0.2) is 18.7 Å². The number of fused-ring (bicyclic) bond motifs is 1. The lowest BCUT2D eigenvalue weighted by atomic mass is 10.2. The van der Waals surface area contributed by atoms with E-state index in [0.717, 1.165) is 4.57 Å². The summed E-state index contributed by atoms with van der Waals surface area (Å²) in [7, 11) is 1.49. The van der Waals surface area contributed by atoms with Crippen molar-refractivity contribution in [2.45, 2.75) is 0 Å². The highest BCUT2D eigenvalue weighted by molar-refractivity contribution is 7.71. The third kappa shape index (κ3) is 2.58. The monoisotopic (exact) mass is 378 g/mol. The molecular weight excluding hydrogens is 364 g/mol. The minimum absolute atomic E-state index is 0.00698. The Morgan fingerprint density at radius 1 is 0.815 bits per heavy atom. The number of para-hydroxylation sites is 2. The van der Waals surface area contributed by atoms with Crippen molar-refractivity contribution in [3.05, 3.63) is 96.6 Å². The number of aryl methyl sites for hydroxylation is 1. The van der Waals surface area contributed by atoms with Crippen molar-refractivity contribution in [1.82, 2.24) is 18.7 Å². The molecule has 0 saturated carbocycles. The van der Waals surface area contributed by atoms with Gasteiger partial charge in [-0.05, 0) is 24.3 Å². The van der Waals surface area contributed by atoms with Crippen molar-refractivity contribution in [3.8, 4) is 11.4 Å². The highest BCUT2D eigenvalue weighted by Gasteiger charge is 2.19. The van der Waals surface area contributed by atoms with Crippen LogP contribution in [0.1, 0.15) is 0 Å².